The normalized spacial score (nSPS) is 22.2. The molecule has 1 aliphatic carbocycles. The molecule has 1 saturated carbocycles. The lowest BCUT2D eigenvalue weighted by Crippen LogP contribution is -2.40. The van der Waals surface area contributed by atoms with Crippen molar-refractivity contribution in [3.63, 3.8) is 0 Å². The Labute approximate surface area is 116 Å². The predicted molar refractivity (Wildman–Crippen MR) is 73.6 cm³/mol. The van der Waals surface area contributed by atoms with E-state index in [4.69, 9.17) is 10.8 Å². The zero-order valence-corrected chi connectivity index (χ0v) is 11.0. The lowest BCUT2D eigenvalue weighted by molar-refractivity contribution is -0.121. The second-order valence-corrected chi connectivity index (χ2v) is 5.08. The lowest BCUT2D eigenvalue weighted by atomic mass is 9.84. The highest BCUT2D eigenvalue weighted by molar-refractivity contribution is 5.95. The number of aromatic hydroxyl groups is 1. The Morgan fingerprint density at radius 3 is 2.55 bits per heavy atom. The van der Waals surface area contributed by atoms with Crippen LogP contribution in [0.15, 0.2) is 18.2 Å². The largest absolute Gasteiger partial charge is 0.507 e. The Kier molecular flexibility index (Phi) is 4.24. The molecule has 6 heteroatoms. The van der Waals surface area contributed by atoms with Gasteiger partial charge in [0.1, 0.15) is 11.3 Å². The molecule has 0 bridgehead atoms. The zero-order chi connectivity index (χ0) is 14.7. The van der Waals surface area contributed by atoms with Crippen molar-refractivity contribution in [2.24, 2.45) is 11.7 Å². The Balaban J connectivity index is 2.08. The smallest absolute Gasteiger partial charge is 0.339 e. The van der Waals surface area contributed by atoms with Crippen LogP contribution in [-0.4, -0.2) is 28.1 Å². The fraction of sp³-hybridized carbons (Fsp3) is 0.429. The second kappa shape index (κ2) is 5.92. The van der Waals surface area contributed by atoms with Gasteiger partial charge in [-0.15, -0.1) is 0 Å². The van der Waals surface area contributed by atoms with Crippen LogP contribution in [0.4, 0.5) is 5.69 Å². The van der Waals surface area contributed by atoms with Crippen molar-refractivity contribution in [2.45, 2.75) is 31.7 Å². The van der Waals surface area contributed by atoms with Crippen LogP contribution in [0.2, 0.25) is 0 Å². The van der Waals surface area contributed by atoms with Crippen molar-refractivity contribution in [1.29, 1.82) is 0 Å². The number of nitrogens with two attached hydrogens (primary N) is 1. The molecule has 0 saturated heterocycles. The standard InChI is InChI=1S/C14H18N2O4/c15-11-4-2-1-3-9(11)13(18)16-8-5-6-10(14(19)20)12(17)7-8/h5-7,9,11,17H,1-4,15H2,(H,16,18)(H,19,20). The summed E-state index contributed by atoms with van der Waals surface area (Å²) in [5, 5.41) is 21.1. The molecular formula is C14H18N2O4. The summed E-state index contributed by atoms with van der Waals surface area (Å²) in [7, 11) is 0. The number of hydrogen-bond acceptors (Lipinski definition) is 4. The van der Waals surface area contributed by atoms with Crippen LogP contribution >= 0.6 is 0 Å². The summed E-state index contributed by atoms with van der Waals surface area (Å²) in [6.45, 7) is 0. The van der Waals surface area contributed by atoms with Gasteiger partial charge in [-0.25, -0.2) is 4.79 Å². The summed E-state index contributed by atoms with van der Waals surface area (Å²) in [6.07, 6.45) is 3.61. The average Bonchev–Trinajstić information content (AvgIpc) is 2.38. The first-order chi connectivity index (χ1) is 9.49. The van der Waals surface area contributed by atoms with Crippen molar-refractivity contribution in [1.82, 2.24) is 0 Å². The van der Waals surface area contributed by atoms with E-state index in [0.29, 0.717) is 5.69 Å². The van der Waals surface area contributed by atoms with E-state index in [-0.39, 0.29) is 29.2 Å². The number of hydrogen-bond donors (Lipinski definition) is 4. The number of carbonyl (C=O) groups excluding carboxylic acids is 1. The highest BCUT2D eigenvalue weighted by atomic mass is 16.4. The number of aromatic carboxylic acids is 1. The van der Waals surface area contributed by atoms with E-state index in [1.165, 1.54) is 18.2 Å². The number of amides is 1. The quantitative estimate of drug-likeness (QED) is 0.670. The van der Waals surface area contributed by atoms with Gasteiger partial charge in [-0.05, 0) is 25.0 Å². The van der Waals surface area contributed by atoms with Crippen LogP contribution in [-0.2, 0) is 4.79 Å². The maximum atomic E-state index is 12.1. The molecule has 2 atom stereocenters. The summed E-state index contributed by atoms with van der Waals surface area (Å²) >= 11 is 0. The third kappa shape index (κ3) is 3.08. The van der Waals surface area contributed by atoms with E-state index in [9.17, 15) is 14.7 Å². The molecule has 1 aromatic carbocycles. The molecule has 2 unspecified atom stereocenters. The molecule has 1 aliphatic rings. The monoisotopic (exact) mass is 278 g/mol. The number of phenols is 1. The van der Waals surface area contributed by atoms with Gasteiger partial charge in [0.2, 0.25) is 5.91 Å². The van der Waals surface area contributed by atoms with E-state index in [0.717, 1.165) is 25.7 Å². The Hall–Kier alpha value is -2.08. The first kappa shape index (κ1) is 14.3. The molecule has 1 amide bonds. The van der Waals surface area contributed by atoms with Crippen LogP contribution in [0.3, 0.4) is 0 Å². The molecule has 0 heterocycles. The van der Waals surface area contributed by atoms with E-state index in [2.05, 4.69) is 5.32 Å². The van der Waals surface area contributed by atoms with Gasteiger partial charge in [0.05, 0.1) is 5.92 Å². The summed E-state index contributed by atoms with van der Waals surface area (Å²) < 4.78 is 0. The lowest BCUT2D eigenvalue weighted by Gasteiger charge is -2.27. The molecule has 6 nitrogen and oxygen atoms in total. The molecule has 0 radical (unpaired) electrons. The van der Waals surface area contributed by atoms with Gasteiger partial charge in [-0.1, -0.05) is 12.8 Å². The van der Waals surface area contributed by atoms with Crippen LogP contribution in [0.5, 0.6) is 5.75 Å². The summed E-state index contributed by atoms with van der Waals surface area (Å²) in [6, 6.07) is 3.80. The van der Waals surface area contributed by atoms with Crippen molar-refractivity contribution in [3.8, 4) is 5.75 Å². The molecule has 108 valence electrons. The minimum atomic E-state index is -1.21. The SMILES string of the molecule is NC1CCCCC1C(=O)Nc1ccc(C(=O)O)c(O)c1. The highest BCUT2D eigenvalue weighted by Crippen LogP contribution is 2.26. The van der Waals surface area contributed by atoms with E-state index in [1.807, 2.05) is 0 Å². The predicted octanol–water partition coefficient (Wildman–Crippen LogP) is 1.55. The van der Waals surface area contributed by atoms with Gasteiger partial charge < -0.3 is 21.3 Å². The number of nitrogens with one attached hydrogen (secondary N) is 1. The van der Waals surface area contributed by atoms with Crippen LogP contribution in [0, 0.1) is 5.92 Å². The fourth-order valence-electron chi connectivity index (χ4n) is 2.51. The minimum Gasteiger partial charge on any atom is -0.507 e. The molecule has 0 aliphatic heterocycles. The Morgan fingerprint density at radius 2 is 1.95 bits per heavy atom. The molecule has 1 aromatic rings. The minimum absolute atomic E-state index is 0.143. The van der Waals surface area contributed by atoms with Crippen LogP contribution in [0.1, 0.15) is 36.0 Å². The first-order valence-electron chi connectivity index (χ1n) is 6.62. The van der Waals surface area contributed by atoms with Gasteiger partial charge in [0.15, 0.2) is 0 Å². The number of carboxylic acids is 1. The number of carbonyl (C=O) groups is 2. The second-order valence-electron chi connectivity index (χ2n) is 5.08. The summed E-state index contributed by atoms with van der Waals surface area (Å²) in [4.78, 5) is 22.9. The molecule has 20 heavy (non-hydrogen) atoms. The average molecular weight is 278 g/mol. The maximum absolute atomic E-state index is 12.1. The van der Waals surface area contributed by atoms with Crippen molar-refractivity contribution >= 4 is 17.6 Å². The maximum Gasteiger partial charge on any atom is 0.339 e. The highest BCUT2D eigenvalue weighted by Gasteiger charge is 2.28. The van der Waals surface area contributed by atoms with Gasteiger partial charge in [0, 0.05) is 17.8 Å². The molecule has 1 fully saturated rings. The topological polar surface area (TPSA) is 113 Å². The van der Waals surface area contributed by atoms with Crippen LogP contribution < -0.4 is 11.1 Å². The van der Waals surface area contributed by atoms with E-state index < -0.39 is 5.97 Å². The molecular weight excluding hydrogens is 260 g/mol. The fourth-order valence-corrected chi connectivity index (χ4v) is 2.51. The van der Waals surface area contributed by atoms with Crippen molar-refractivity contribution in [3.05, 3.63) is 23.8 Å². The van der Waals surface area contributed by atoms with E-state index in [1.54, 1.807) is 0 Å². The van der Waals surface area contributed by atoms with Gasteiger partial charge in [0.25, 0.3) is 0 Å². The van der Waals surface area contributed by atoms with Gasteiger partial charge in [-0.3, -0.25) is 4.79 Å². The molecule has 5 N–H and O–H groups in total. The molecule has 0 aromatic heterocycles. The summed E-state index contributed by atoms with van der Waals surface area (Å²) in [5.41, 5.74) is 6.11. The van der Waals surface area contributed by atoms with E-state index >= 15 is 0 Å². The number of anilines is 1. The molecule has 2 rings (SSSR count). The zero-order valence-electron chi connectivity index (χ0n) is 11.0. The van der Waals surface area contributed by atoms with Crippen molar-refractivity contribution < 1.29 is 19.8 Å². The summed E-state index contributed by atoms with van der Waals surface area (Å²) in [5.74, 6) is -2.00. The Morgan fingerprint density at radius 1 is 1.25 bits per heavy atom. The number of benzene rings is 1. The number of rotatable bonds is 3. The van der Waals surface area contributed by atoms with Gasteiger partial charge in [-0.2, -0.15) is 0 Å². The van der Waals surface area contributed by atoms with Gasteiger partial charge >= 0.3 is 5.97 Å². The first-order valence-corrected chi connectivity index (χ1v) is 6.62. The third-order valence-corrected chi connectivity index (χ3v) is 3.65. The van der Waals surface area contributed by atoms with Crippen LogP contribution in [0.25, 0.3) is 0 Å². The third-order valence-electron chi connectivity index (χ3n) is 3.65. The molecule has 0 spiro atoms. The van der Waals surface area contributed by atoms with Crippen molar-refractivity contribution in [2.75, 3.05) is 5.32 Å². The Bertz CT molecular complexity index is 530. The number of carboxylic acid groups (broad SMARTS) is 1.